The summed E-state index contributed by atoms with van der Waals surface area (Å²) < 4.78 is 7.96. The van der Waals surface area contributed by atoms with E-state index < -0.39 is 0 Å². The molecule has 0 bridgehead atoms. The fraction of sp³-hybridized carbons (Fsp3) is 0.444. The Morgan fingerprint density at radius 1 is 1.26 bits per heavy atom. The van der Waals surface area contributed by atoms with Gasteiger partial charge in [0.15, 0.2) is 5.58 Å². The fourth-order valence-electron chi connectivity index (χ4n) is 3.42. The van der Waals surface area contributed by atoms with Gasteiger partial charge in [-0.25, -0.2) is 4.98 Å². The summed E-state index contributed by atoms with van der Waals surface area (Å²) in [6.07, 6.45) is 7.78. The van der Waals surface area contributed by atoms with Crippen LogP contribution in [0.2, 0.25) is 0 Å². The summed E-state index contributed by atoms with van der Waals surface area (Å²) >= 11 is 0. The molecule has 0 spiro atoms. The van der Waals surface area contributed by atoms with Gasteiger partial charge < -0.3 is 4.42 Å². The van der Waals surface area contributed by atoms with Crippen LogP contribution in [0.25, 0.3) is 11.1 Å². The summed E-state index contributed by atoms with van der Waals surface area (Å²) in [7, 11) is 0. The van der Waals surface area contributed by atoms with Crippen molar-refractivity contribution in [2.24, 2.45) is 0 Å². The summed E-state index contributed by atoms with van der Waals surface area (Å²) in [5, 5.41) is 4.44. The van der Waals surface area contributed by atoms with Gasteiger partial charge in [-0.1, -0.05) is 18.6 Å². The second kappa shape index (κ2) is 6.16. The highest BCUT2D eigenvalue weighted by atomic mass is 16.3. The van der Waals surface area contributed by atoms with E-state index in [4.69, 9.17) is 4.42 Å². The smallest absolute Gasteiger partial charge is 0.209 e. The number of aromatic nitrogens is 3. The summed E-state index contributed by atoms with van der Waals surface area (Å²) in [6, 6.07) is 8.46. The third-order valence-electron chi connectivity index (χ3n) is 4.59. The van der Waals surface area contributed by atoms with Crippen molar-refractivity contribution in [3.8, 4) is 0 Å². The maximum Gasteiger partial charge on any atom is 0.209 e. The minimum absolute atomic E-state index is 0.498. The molecule has 0 aliphatic carbocycles. The fourth-order valence-corrected chi connectivity index (χ4v) is 3.42. The van der Waals surface area contributed by atoms with E-state index in [1.54, 1.807) is 0 Å². The molecule has 3 aromatic rings. The maximum atomic E-state index is 5.90. The van der Waals surface area contributed by atoms with Gasteiger partial charge in [0, 0.05) is 12.2 Å². The lowest BCUT2D eigenvalue weighted by Crippen LogP contribution is -2.41. The maximum absolute atomic E-state index is 5.90. The topological polar surface area (TPSA) is 47.1 Å². The number of rotatable bonds is 4. The van der Waals surface area contributed by atoms with Crippen molar-refractivity contribution in [2.75, 3.05) is 6.54 Å². The van der Waals surface area contributed by atoms with E-state index in [-0.39, 0.29) is 0 Å². The third kappa shape index (κ3) is 3.15. The molecule has 3 heterocycles. The Morgan fingerprint density at radius 3 is 3.00 bits per heavy atom. The van der Waals surface area contributed by atoms with E-state index in [0.29, 0.717) is 6.04 Å². The normalized spacial score (nSPS) is 19.4. The van der Waals surface area contributed by atoms with Crippen LogP contribution in [0, 0.1) is 6.92 Å². The van der Waals surface area contributed by atoms with E-state index in [0.717, 1.165) is 36.6 Å². The van der Waals surface area contributed by atoms with Crippen molar-refractivity contribution in [1.82, 2.24) is 19.7 Å². The Bertz CT molecular complexity index is 758. The predicted molar refractivity (Wildman–Crippen MR) is 89.0 cm³/mol. The van der Waals surface area contributed by atoms with Crippen LogP contribution in [0.4, 0.5) is 0 Å². The molecule has 120 valence electrons. The van der Waals surface area contributed by atoms with Crippen LogP contribution in [0.1, 0.15) is 30.7 Å². The molecule has 5 nitrogen and oxygen atoms in total. The van der Waals surface area contributed by atoms with Crippen LogP contribution in [-0.2, 0) is 13.1 Å². The van der Waals surface area contributed by atoms with Gasteiger partial charge in [-0.3, -0.25) is 9.58 Å². The predicted octanol–water partition coefficient (Wildman–Crippen LogP) is 3.39. The highest BCUT2D eigenvalue weighted by Crippen LogP contribution is 2.22. The van der Waals surface area contributed by atoms with Gasteiger partial charge in [-0.15, -0.1) is 0 Å². The number of hydrogen-bond acceptors (Lipinski definition) is 4. The van der Waals surface area contributed by atoms with Gasteiger partial charge in [0.25, 0.3) is 0 Å². The average molecular weight is 310 g/mol. The second-order valence-corrected chi connectivity index (χ2v) is 6.44. The molecule has 1 aliphatic heterocycles. The Balaban J connectivity index is 1.50. The molecule has 4 rings (SSSR count). The lowest BCUT2D eigenvalue weighted by atomic mass is 10.0. The minimum Gasteiger partial charge on any atom is -0.439 e. The largest absolute Gasteiger partial charge is 0.439 e. The molecule has 1 fully saturated rings. The van der Waals surface area contributed by atoms with Crippen LogP contribution in [-0.4, -0.2) is 32.3 Å². The van der Waals surface area contributed by atoms with Gasteiger partial charge >= 0.3 is 0 Å². The zero-order valence-electron chi connectivity index (χ0n) is 13.5. The number of likely N-dealkylation sites (tertiary alicyclic amines) is 1. The summed E-state index contributed by atoms with van der Waals surface area (Å²) in [5.74, 6) is 0.815. The molecule has 0 unspecified atom stereocenters. The number of fused-ring (bicyclic) bond motifs is 1. The Hall–Kier alpha value is -2.14. The molecule has 1 saturated heterocycles. The lowest BCUT2D eigenvalue weighted by molar-refractivity contribution is 0.112. The molecule has 0 amide bonds. The first-order valence-corrected chi connectivity index (χ1v) is 8.35. The first-order chi connectivity index (χ1) is 11.3. The van der Waals surface area contributed by atoms with Crippen molar-refractivity contribution in [1.29, 1.82) is 0 Å². The van der Waals surface area contributed by atoms with Gasteiger partial charge in [0.1, 0.15) is 5.52 Å². The highest BCUT2D eigenvalue weighted by molar-refractivity contribution is 5.72. The van der Waals surface area contributed by atoms with Crippen LogP contribution >= 0.6 is 0 Å². The van der Waals surface area contributed by atoms with Crippen molar-refractivity contribution in [3.05, 3.63) is 48.1 Å². The average Bonchev–Trinajstić information content (AvgIpc) is 3.14. The van der Waals surface area contributed by atoms with Crippen LogP contribution in [0.5, 0.6) is 0 Å². The van der Waals surface area contributed by atoms with Gasteiger partial charge in [-0.2, -0.15) is 5.10 Å². The molecule has 2 aromatic heterocycles. The monoisotopic (exact) mass is 310 g/mol. The van der Waals surface area contributed by atoms with Gasteiger partial charge in [-0.05, 0) is 44.0 Å². The van der Waals surface area contributed by atoms with Gasteiger partial charge in [0.05, 0.1) is 19.3 Å². The first-order valence-electron chi connectivity index (χ1n) is 8.35. The number of piperidine rings is 1. The minimum atomic E-state index is 0.498. The van der Waals surface area contributed by atoms with E-state index in [2.05, 4.69) is 32.8 Å². The van der Waals surface area contributed by atoms with Gasteiger partial charge in [0.2, 0.25) is 5.89 Å². The molecular weight excluding hydrogens is 288 g/mol. The molecule has 5 heteroatoms. The molecule has 0 saturated carbocycles. The Labute approximate surface area is 135 Å². The van der Waals surface area contributed by atoms with E-state index >= 15 is 0 Å². The number of nitrogens with zero attached hydrogens (tertiary/aromatic N) is 4. The number of para-hydroxylation sites is 2. The van der Waals surface area contributed by atoms with Crippen molar-refractivity contribution in [3.63, 3.8) is 0 Å². The third-order valence-corrected chi connectivity index (χ3v) is 4.59. The second-order valence-electron chi connectivity index (χ2n) is 6.44. The molecule has 23 heavy (non-hydrogen) atoms. The number of hydrogen-bond donors (Lipinski definition) is 0. The molecule has 0 N–H and O–H groups in total. The molecule has 1 aliphatic rings. The quantitative estimate of drug-likeness (QED) is 0.741. The lowest BCUT2D eigenvalue weighted by Gasteiger charge is -2.34. The molecule has 1 atom stereocenters. The highest BCUT2D eigenvalue weighted by Gasteiger charge is 2.24. The zero-order valence-corrected chi connectivity index (χ0v) is 13.5. The van der Waals surface area contributed by atoms with Crippen LogP contribution in [0.3, 0.4) is 0 Å². The van der Waals surface area contributed by atoms with Crippen LogP contribution < -0.4 is 0 Å². The number of oxazole rings is 1. The number of aryl methyl sites for hydroxylation is 1. The number of benzene rings is 1. The molecular formula is C18H22N4O. The van der Waals surface area contributed by atoms with Crippen molar-refractivity contribution in [2.45, 2.75) is 45.3 Å². The molecule has 0 radical (unpaired) electrons. The summed E-state index contributed by atoms with van der Waals surface area (Å²) in [6.45, 7) is 4.90. The Morgan fingerprint density at radius 2 is 2.17 bits per heavy atom. The van der Waals surface area contributed by atoms with Crippen molar-refractivity contribution < 1.29 is 4.42 Å². The van der Waals surface area contributed by atoms with E-state index in [1.807, 2.05) is 30.5 Å². The zero-order chi connectivity index (χ0) is 15.6. The van der Waals surface area contributed by atoms with Crippen molar-refractivity contribution >= 4 is 11.1 Å². The summed E-state index contributed by atoms with van der Waals surface area (Å²) in [4.78, 5) is 7.11. The standard InChI is InChI=1S/C18H22N4O/c1-14-10-19-22(11-14)12-15-6-4-5-9-21(15)13-18-20-16-7-2-3-8-17(16)23-18/h2-3,7-8,10-11,15H,4-6,9,12-13H2,1H3/t15-/m1/s1. The van der Waals surface area contributed by atoms with E-state index in [1.165, 1.54) is 24.8 Å². The van der Waals surface area contributed by atoms with Crippen LogP contribution in [0.15, 0.2) is 41.1 Å². The first kappa shape index (κ1) is 14.5. The summed E-state index contributed by atoms with van der Waals surface area (Å²) in [5.41, 5.74) is 3.03. The Kier molecular flexibility index (Phi) is 3.87. The van der Waals surface area contributed by atoms with E-state index in [9.17, 15) is 0 Å². The molecule has 1 aromatic carbocycles. The SMILES string of the molecule is Cc1cnn(C[C@H]2CCCCN2Cc2nc3ccccc3o2)c1.